The SMILES string of the molecule is Cc1nn(C(C)C(=O)Nc2nn(Cc3ccc(Cl)cc3Cl)cc2Br)cc1Cl. The summed E-state index contributed by atoms with van der Waals surface area (Å²) in [5.41, 5.74) is 1.53. The third-order valence-electron chi connectivity index (χ3n) is 3.94. The van der Waals surface area contributed by atoms with Crippen LogP contribution in [-0.4, -0.2) is 25.5 Å². The van der Waals surface area contributed by atoms with Crippen molar-refractivity contribution < 1.29 is 4.79 Å². The van der Waals surface area contributed by atoms with Crippen molar-refractivity contribution in [1.82, 2.24) is 19.6 Å². The van der Waals surface area contributed by atoms with Crippen LogP contribution in [0.15, 0.2) is 35.1 Å². The molecule has 1 N–H and O–H groups in total. The first-order valence-electron chi connectivity index (χ1n) is 7.93. The smallest absolute Gasteiger partial charge is 0.250 e. The summed E-state index contributed by atoms with van der Waals surface area (Å²) in [7, 11) is 0. The lowest BCUT2D eigenvalue weighted by Crippen LogP contribution is -2.24. The van der Waals surface area contributed by atoms with Gasteiger partial charge >= 0.3 is 0 Å². The van der Waals surface area contributed by atoms with Crippen LogP contribution in [0.1, 0.15) is 24.2 Å². The van der Waals surface area contributed by atoms with Gasteiger partial charge in [0.25, 0.3) is 0 Å². The van der Waals surface area contributed by atoms with E-state index in [9.17, 15) is 4.79 Å². The van der Waals surface area contributed by atoms with E-state index >= 15 is 0 Å². The summed E-state index contributed by atoms with van der Waals surface area (Å²) in [6.45, 7) is 3.95. The van der Waals surface area contributed by atoms with Gasteiger partial charge < -0.3 is 5.32 Å². The molecule has 0 spiro atoms. The molecule has 0 saturated carbocycles. The minimum Gasteiger partial charge on any atom is -0.306 e. The summed E-state index contributed by atoms with van der Waals surface area (Å²) < 4.78 is 3.85. The molecule has 27 heavy (non-hydrogen) atoms. The Hall–Kier alpha value is -1.54. The molecule has 142 valence electrons. The van der Waals surface area contributed by atoms with Crippen LogP contribution in [0.3, 0.4) is 0 Å². The van der Waals surface area contributed by atoms with Crippen molar-refractivity contribution in [1.29, 1.82) is 0 Å². The number of nitrogens with zero attached hydrogens (tertiary/aromatic N) is 4. The molecule has 0 aliphatic heterocycles. The van der Waals surface area contributed by atoms with Gasteiger partial charge in [-0.3, -0.25) is 14.2 Å². The molecule has 1 unspecified atom stereocenters. The molecule has 2 aromatic heterocycles. The van der Waals surface area contributed by atoms with Crippen molar-refractivity contribution >= 4 is 62.5 Å². The Morgan fingerprint density at radius 3 is 2.59 bits per heavy atom. The molecule has 2 heterocycles. The highest BCUT2D eigenvalue weighted by Crippen LogP contribution is 2.25. The lowest BCUT2D eigenvalue weighted by molar-refractivity contribution is -0.119. The molecule has 10 heteroatoms. The molecule has 0 saturated heterocycles. The van der Waals surface area contributed by atoms with Gasteiger partial charge in [0.15, 0.2) is 5.82 Å². The Balaban J connectivity index is 1.73. The molecule has 0 radical (unpaired) electrons. The van der Waals surface area contributed by atoms with Gasteiger partial charge in [0.05, 0.1) is 21.7 Å². The van der Waals surface area contributed by atoms with Gasteiger partial charge in [0, 0.05) is 22.4 Å². The number of benzene rings is 1. The highest BCUT2D eigenvalue weighted by molar-refractivity contribution is 9.10. The summed E-state index contributed by atoms with van der Waals surface area (Å²) in [5, 5.41) is 13.1. The Morgan fingerprint density at radius 1 is 1.22 bits per heavy atom. The maximum atomic E-state index is 12.5. The molecule has 0 aliphatic carbocycles. The monoisotopic (exact) mass is 489 g/mol. The molecule has 0 aliphatic rings. The average Bonchev–Trinajstić information content (AvgIpc) is 3.12. The van der Waals surface area contributed by atoms with Crippen molar-refractivity contribution in [2.24, 2.45) is 0 Å². The quantitative estimate of drug-likeness (QED) is 0.523. The van der Waals surface area contributed by atoms with E-state index in [0.717, 1.165) is 5.56 Å². The first-order valence-corrected chi connectivity index (χ1v) is 9.86. The fourth-order valence-corrected chi connectivity index (χ4v) is 3.41. The fraction of sp³-hybridized carbons (Fsp3) is 0.235. The Morgan fingerprint density at radius 2 is 1.96 bits per heavy atom. The lowest BCUT2D eigenvalue weighted by atomic mass is 10.2. The predicted molar refractivity (Wildman–Crippen MR) is 111 cm³/mol. The predicted octanol–water partition coefficient (Wildman–Crippen LogP) is 5.36. The van der Waals surface area contributed by atoms with Crippen LogP contribution in [-0.2, 0) is 11.3 Å². The van der Waals surface area contributed by atoms with Crippen LogP contribution in [0.2, 0.25) is 15.1 Å². The van der Waals surface area contributed by atoms with Gasteiger partial charge in [-0.15, -0.1) is 0 Å². The number of aromatic nitrogens is 4. The number of hydrogen-bond acceptors (Lipinski definition) is 3. The highest BCUT2D eigenvalue weighted by atomic mass is 79.9. The summed E-state index contributed by atoms with van der Waals surface area (Å²) in [5.74, 6) is 0.150. The van der Waals surface area contributed by atoms with E-state index in [0.29, 0.717) is 37.6 Å². The van der Waals surface area contributed by atoms with Crippen LogP contribution < -0.4 is 5.32 Å². The van der Waals surface area contributed by atoms with Crippen molar-refractivity contribution in [3.05, 3.63) is 61.4 Å². The minimum atomic E-state index is -0.543. The van der Waals surface area contributed by atoms with E-state index in [-0.39, 0.29) is 5.91 Å². The number of carbonyl (C=O) groups excluding carboxylic acids is 1. The number of aryl methyl sites for hydroxylation is 1. The Bertz CT molecular complexity index is 981. The van der Waals surface area contributed by atoms with Crippen LogP contribution in [0.5, 0.6) is 0 Å². The number of nitrogens with one attached hydrogen (secondary N) is 1. The lowest BCUT2D eigenvalue weighted by Gasteiger charge is -2.11. The average molecular weight is 492 g/mol. The van der Waals surface area contributed by atoms with Gasteiger partial charge in [-0.2, -0.15) is 10.2 Å². The Labute approximate surface area is 179 Å². The number of halogens is 4. The molecule has 1 atom stereocenters. The number of amides is 1. The van der Waals surface area contributed by atoms with Crippen molar-refractivity contribution in [2.45, 2.75) is 26.4 Å². The maximum Gasteiger partial charge on any atom is 0.250 e. The van der Waals surface area contributed by atoms with E-state index in [4.69, 9.17) is 34.8 Å². The second kappa shape index (κ2) is 8.22. The van der Waals surface area contributed by atoms with Crippen molar-refractivity contribution in [2.75, 3.05) is 5.32 Å². The van der Waals surface area contributed by atoms with Gasteiger partial charge in [-0.05, 0) is 47.5 Å². The number of rotatable bonds is 5. The zero-order valence-electron chi connectivity index (χ0n) is 14.4. The van der Waals surface area contributed by atoms with Gasteiger partial charge in [-0.1, -0.05) is 40.9 Å². The molecular formula is C17H15BrCl3N5O. The second-order valence-corrected chi connectivity index (χ2v) is 8.07. The summed E-state index contributed by atoms with van der Waals surface area (Å²) >= 11 is 21.6. The van der Waals surface area contributed by atoms with E-state index in [1.807, 2.05) is 6.07 Å². The second-order valence-electron chi connectivity index (χ2n) is 5.97. The van der Waals surface area contributed by atoms with Gasteiger partial charge in [0.2, 0.25) is 5.91 Å². The molecule has 3 rings (SSSR count). The van der Waals surface area contributed by atoms with Crippen molar-refractivity contribution in [3.63, 3.8) is 0 Å². The van der Waals surface area contributed by atoms with E-state index in [1.54, 1.807) is 43.1 Å². The zero-order valence-corrected chi connectivity index (χ0v) is 18.2. The van der Waals surface area contributed by atoms with E-state index in [1.165, 1.54) is 4.68 Å². The third kappa shape index (κ3) is 4.66. The molecule has 0 fully saturated rings. The van der Waals surface area contributed by atoms with Crippen molar-refractivity contribution in [3.8, 4) is 0 Å². The van der Waals surface area contributed by atoms with E-state index in [2.05, 4.69) is 31.4 Å². The normalized spacial score (nSPS) is 12.2. The van der Waals surface area contributed by atoms with Gasteiger partial charge in [0.1, 0.15) is 6.04 Å². The molecule has 1 aromatic carbocycles. The largest absolute Gasteiger partial charge is 0.306 e. The number of hydrogen-bond donors (Lipinski definition) is 1. The number of anilines is 1. The first kappa shape index (κ1) is 20.2. The molecule has 1 amide bonds. The van der Waals surface area contributed by atoms with Crippen LogP contribution in [0.25, 0.3) is 0 Å². The van der Waals surface area contributed by atoms with E-state index < -0.39 is 6.04 Å². The van der Waals surface area contributed by atoms with Gasteiger partial charge in [-0.25, -0.2) is 0 Å². The molecule has 6 nitrogen and oxygen atoms in total. The third-order valence-corrected chi connectivity index (χ3v) is 5.48. The molecule has 0 bridgehead atoms. The fourth-order valence-electron chi connectivity index (χ4n) is 2.39. The highest BCUT2D eigenvalue weighted by Gasteiger charge is 2.20. The minimum absolute atomic E-state index is 0.260. The molecule has 3 aromatic rings. The Kier molecular flexibility index (Phi) is 6.15. The summed E-state index contributed by atoms with van der Waals surface area (Å²) in [6.07, 6.45) is 3.39. The standard InChI is InChI=1S/C17H15BrCl3N5O/c1-9-15(21)8-26(23-9)10(2)17(27)22-16-13(18)7-25(24-16)6-11-3-4-12(19)5-14(11)20/h3-5,7-8,10H,6H2,1-2H3,(H,22,24,27). The number of carbonyl (C=O) groups is 1. The van der Waals surface area contributed by atoms with Crippen LogP contribution >= 0.6 is 50.7 Å². The summed E-state index contributed by atoms with van der Waals surface area (Å²) in [4.78, 5) is 12.5. The molecular weight excluding hydrogens is 476 g/mol. The maximum absolute atomic E-state index is 12.5. The topological polar surface area (TPSA) is 64.7 Å². The van der Waals surface area contributed by atoms with Crippen LogP contribution in [0.4, 0.5) is 5.82 Å². The first-order chi connectivity index (χ1) is 12.7. The van der Waals surface area contributed by atoms with Crippen LogP contribution in [0, 0.1) is 6.92 Å². The zero-order chi connectivity index (χ0) is 19.7. The summed E-state index contributed by atoms with van der Waals surface area (Å²) in [6, 6.07) is 4.74.